The Balaban J connectivity index is 1.31. The van der Waals surface area contributed by atoms with Crippen molar-refractivity contribution in [2.45, 2.75) is 64.9 Å². The van der Waals surface area contributed by atoms with Gasteiger partial charge < -0.3 is 19.3 Å². The fraction of sp³-hybridized carbons (Fsp3) is 0.351. The summed E-state index contributed by atoms with van der Waals surface area (Å²) in [5.41, 5.74) is 3.62. The molecule has 1 aliphatic heterocycles. The summed E-state index contributed by atoms with van der Waals surface area (Å²) < 4.78 is 50.5. The van der Waals surface area contributed by atoms with E-state index in [9.17, 15) is 9.67 Å². The van der Waals surface area contributed by atoms with E-state index in [0.717, 1.165) is 22.3 Å². The molecule has 1 heterocycles. The maximum Gasteiger partial charge on any atom is 0.475 e. The highest BCUT2D eigenvalue weighted by molar-refractivity contribution is 7.48. The maximum absolute atomic E-state index is 14.1. The van der Waals surface area contributed by atoms with Gasteiger partial charge in [0.05, 0.1) is 39.1 Å². The first-order chi connectivity index (χ1) is 22.4. The van der Waals surface area contributed by atoms with E-state index in [0.29, 0.717) is 6.61 Å². The Labute approximate surface area is 271 Å². The van der Waals surface area contributed by atoms with Gasteiger partial charge in [0.15, 0.2) is 6.29 Å². The molecule has 6 atom stereocenters. The molecule has 0 spiro atoms. The number of rotatable bonds is 16. The van der Waals surface area contributed by atoms with Crippen molar-refractivity contribution in [3.63, 3.8) is 0 Å². The van der Waals surface area contributed by atoms with Crippen molar-refractivity contribution in [3.05, 3.63) is 144 Å². The summed E-state index contributed by atoms with van der Waals surface area (Å²) in [6, 6.07) is 38.4. The van der Waals surface area contributed by atoms with Gasteiger partial charge in [0, 0.05) is 0 Å². The number of benzene rings is 4. The van der Waals surface area contributed by atoms with E-state index in [1.807, 2.05) is 135 Å². The van der Waals surface area contributed by atoms with E-state index in [4.69, 9.17) is 27.8 Å². The van der Waals surface area contributed by atoms with Gasteiger partial charge in [-0.05, 0) is 34.1 Å². The average Bonchev–Trinajstić information content (AvgIpc) is 3.10. The highest BCUT2D eigenvalue weighted by atomic mass is 31.2. The Bertz CT molecular complexity index is 1430. The molecule has 3 unspecified atom stereocenters. The van der Waals surface area contributed by atoms with Crippen molar-refractivity contribution < 1.29 is 37.5 Å². The van der Waals surface area contributed by atoms with Gasteiger partial charge in [-0.2, -0.15) is 0 Å². The molecule has 4 aromatic carbocycles. The molecule has 46 heavy (non-hydrogen) atoms. The first-order valence-corrected chi connectivity index (χ1v) is 17.1. The van der Waals surface area contributed by atoms with Crippen LogP contribution in [0.25, 0.3) is 0 Å². The second kappa shape index (κ2) is 17.1. The van der Waals surface area contributed by atoms with Gasteiger partial charge in [-0.1, -0.05) is 135 Å². The van der Waals surface area contributed by atoms with Crippen LogP contribution >= 0.6 is 7.82 Å². The van der Waals surface area contributed by atoms with E-state index in [2.05, 4.69) is 0 Å². The lowest BCUT2D eigenvalue weighted by Crippen LogP contribution is -2.55. The lowest BCUT2D eigenvalue weighted by molar-refractivity contribution is -0.286. The summed E-state index contributed by atoms with van der Waals surface area (Å²) >= 11 is 0. The zero-order valence-electron chi connectivity index (χ0n) is 26.3. The van der Waals surface area contributed by atoms with Crippen LogP contribution in [-0.2, 0) is 58.8 Å². The third-order valence-corrected chi connectivity index (χ3v) is 9.62. The van der Waals surface area contributed by atoms with Gasteiger partial charge in [-0.15, -0.1) is 0 Å². The first-order valence-electron chi connectivity index (χ1n) is 15.7. The molecule has 0 bridgehead atoms. The molecule has 0 saturated carbocycles. The summed E-state index contributed by atoms with van der Waals surface area (Å²) in [7, 11) is -4.08. The van der Waals surface area contributed by atoms with Crippen LogP contribution in [-0.4, -0.2) is 36.3 Å². The zero-order chi connectivity index (χ0) is 32.2. The number of hydrogen-bond acceptors (Lipinski definition) is 8. The van der Waals surface area contributed by atoms with Crippen LogP contribution in [0.4, 0.5) is 0 Å². The first kappa shape index (κ1) is 34.2. The lowest BCUT2D eigenvalue weighted by atomic mass is 9.81. The van der Waals surface area contributed by atoms with Gasteiger partial charge in [0.25, 0.3) is 0 Å². The summed E-state index contributed by atoms with van der Waals surface area (Å²) in [5.74, 6) is -0.195. The minimum absolute atomic E-state index is 0.0367. The Morgan fingerprint density at radius 3 is 1.54 bits per heavy atom. The normalized spacial score (nSPS) is 22.4. The molecule has 0 radical (unpaired) electrons. The summed E-state index contributed by atoms with van der Waals surface area (Å²) in [4.78, 5) is 0. The van der Waals surface area contributed by atoms with Gasteiger partial charge in [-0.3, -0.25) is 13.6 Å². The van der Waals surface area contributed by atoms with Crippen molar-refractivity contribution in [2.24, 2.45) is 11.8 Å². The average molecular weight is 647 g/mol. The number of ether oxygens (including phenoxy) is 3. The second-order valence-corrected chi connectivity index (χ2v) is 13.2. The van der Waals surface area contributed by atoms with E-state index in [-0.39, 0.29) is 38.3 Å². The van der Waals surface area contributed by atoms with E-state index >= 15 is 0 Å². The molecule has 0 aliphatic carbocycles. The molecular formula is C37H43O8P. The number of aliphatic hydroxyl groups excluding tert-OH is 1. The largest absolute Gasteiger partial charge is 0.475 e. The molecule has 0 amide bonds. The zero-order valence-corrected chi connectivity index (χ0v) is 27.2. The topological polar surface area (TPSA) is 92.7 Å². The molecular weight excluding hydrogens is 603 g/mol. The Hall–Kier alpha value is -3.17. The molecule has 4 aromatic rings. The fourth-order valence-electron chi connectivity index (χ4n) is 5.39. The molecule has 1 N–H and O–H groups in total. The molecule has 1 saturated heterocycles. The predicted octanol–water partition coefficient (Wildman–Crippen LogP) is 7.70. The highest BCUT2D eigenvalue weighted by Gasteiger charge is 2.45. The third kappa shape index (κ3) is 9.91. The summed E-state index contributed by atoms with van der Waals surface area (Å²) in [5, 5.41) is 11.1. The third-order valence-electron chi connectivity index (χ3n) is 8.26. The summed E-state index contributed by atoms with van der Waals surface area (Å²) in [6.45, 7) is 4.61. The van der Waals surface area contributed by atoms with Gasteiger partial charge >= 0.3 is 7.82 Å². The Morgan fingerprint density at radius 2 is 1.07 bits per heavy atom. The second-order valence-electron chi connectivity index (χ2n) is 11.6. The molecule has 244 valence electrons. The van der Waals surface area contributed by atoms with Crippen molar-refractivity contribution >= 4 is 7.82 Å². The molecule has 5 rings (SSSR count). The molecule has 1 fully saturated rings. The maximum atomic E-state index is 14.1. The van der Waals surface area contributed by atoms with Crippen molar-refractivity contribution in [1.82, 2.24) is 0 Å². The Kier molecular flexibility index (Phi) is 12.7. The van der Waals surface area contributed by atoms with Crippen LogP contribution < -0.4 is 0 Å². The van der Waals surface area contributed by atoms with Crippen LogP contribution in [0.3, 0.4) is 0 Å². The fourth-order valence-corrected chi connectivity index (χ4v) is 6.56. The van der Waals surface area contributed by atoms with Crippen molar-refractivity contribution in [2.75, 3.05) is 6.61 Å². The van der Waals surface area contributed by atoms with Crippen molar-refractivity contribution in [1.29, 1.82) is 0 Å². The Morgan fingerprint density at radius 1 is 0.630 bits per heavy atom. The predicted molar refractivity (Wildman–Crippen MR) is 175 cm³/mol. The van der Waals surface area contributed by atoms with Gasteiger partial charge in [-0.25, -0.2) is 4.57 Å². The van der Waals surface area contributed by atoms with E-state index in [1.165, 1.54) is 0 Å². The number of phosphoric acid groups is 1. The lowest BCUT2D eigenvalue weighted by Gasteiger charge is -2.45. The molecule has 9 heteroatoms. The van der Waals surface area contributed by atoms with Crippen molar-refractivity contribution in [3.8, 4) is 0 Å². The van der Waals surface area contributed by atoms with Crippen LogP contribution in [0.15, 0.2) is 121 Å². The van der Waals surface area contributed by atoms with Crippen LogP contribution in [0.2, 0.25) is 0 Å². The molecule has 0 aromatic heterocycles. The summed E-state index contributed by atoms with van der Waals surface area (Å²) in [6.07, 6.45) is -3.05. The van der Waals surface area contributed by atoms with Crippen LogP contribution in [0.1, 0.15) is 36.1 Å². The SMILES string of the molecule is CC1[C@H](C)C([C@@H](COP(=O)(OCc2ccccc2)OCc2ccccc2)OCc2ccccc2)OC(O)[C@@H]1OCc1ccccc1. The van der Waals surface area contributed by atoms with E-state index < -0.39 is 32.4 Å². The number of aliphatic hydroxyl groups is 1. The number of phosphoric ester groups is 1. The van der Waals surface area contributed by atoms with Crippen LogP contribution in [0.5, 0.6) is 0 Å². The van der Waals surface area contributed by atoms with Gasteiger partial charge in [0.2, 0.25) is 0 Å². The smallest absolute Gasteiger partial charge is 0.368 e. The number of hydrogen-bond donors (Lipinski definition) is 1. The highest BCUT2D eigenvalue weighted by Crippen LogP contribution is 2.51. The minimum Gasteiger partial charge on any atom is -0.368 e. The quantitative estimate of drug-likeness (QED) is 0.124. The van der Waals surface area contributed by atoms with Crippen LogP contribution in [0, 0.1) is 11.8 Å². The van der Waals surface area contributed by atoms with E-state index in [1.54, 1.807) is 0 Å². The molecule has 1 aliphatic rings. The van der Waals surface area contributed by atoms with Gasteiger partial charge in [0.1, 0.15) is 12.2 Å². The standard InChI is InChI=1S/C37H43O8P/c1-28-29(2)36(41-24-31-17-9-4-10-18-31)37(38)45-35(28)34(40-23-30-15-7-3-8-16-30)27-44-46(39,42-25-32-19-11-5-12-20-32)43-26-33-21-13-6-14-22-33/h3-22,28-29,34-38H,23-27H2,1-2H3/t28-,29?,34+,35?,36+,37?/m0/s1. The molecule has 8 nitrogen and oxygen atoms in total. The monoisotopic (exact) mass is 646 g/mol. The minimum atomic E-state index is -4.08.